The number of ether oxygens (including phenoxy) is 3. The van der Waals surface area contributed by atoms with Crippen LogP contribution in [0.2, 0.25) is 0 Å². The maximum atomic E-state index is 16.5. The van der Waals surface area contributed by atoms with E-state index in [2.05, 4.69) is 10.1 Å². The van der Waals surface area contributed by atoms with Crippen LogP contribution in [0.4, 0.5) is 4.39 Å². The Morgan fingerprint density at radius 2 is 1.69 bits per heavy atom. The molecule has 3 rings (SSSR count). The number of aliphatic hydroxyl groups is 1. The lowest BCUT2D eigenvalue weighted by Crippen LogP contribution is -2.59. The Bertz CT molecular complexity index is 1370. The molecule has 0 aromatic heterocycles. The molecule has 1 aromatic rings. The van der Waals surface area contributed by atoms with Gasteiger partial charge in [0.1, 0.15) is 24.0 Å². The molecule has 0 saturated carbocycles. The number of Topliss-reactive ketones (excluding diaryl/α,β-unsaturated/α-hetero) is 1. The number of ketones is 1. The number of nitrogens with zero attached hydrogens (tertiary/aromatic N) is 2. The molecule has 1 amide bonds. The second kappa shape index (κ2) is 15.3. The third kappa shape index (κ3) is 8.76. The van der Waals surface area contributed by atoms with Crippen molar-refractivity contribution in [3.05, 3.63) is 35.9 Å². The summed E-state index contributed by atoms with van der Waals surface area (Å²) in [5.41, 5.74) is -5.00. The minimum absolute atomic E-state index is 0.0759. The first-order valence-corrected chi connectivity index (χ1v) is 16.9. The molecule has 0 unspecified atom stereocenters. The molecule has 0 radical (unpaired) electrons. The van der Waals surface area contributed by atoms with Crippen LogP contribution >= 0.6 is 0 Å². The summed E-state index contributed by atoms with van der Waals surface area (Å²) in [7, 11) is 0. The predicted molar refractivity (Wildman–Crippen MR) is 181 cm³/mol. The number of cyclic esters (lactones) is 1. The van der Waals surface area contributed by atoms with E-state index in [4.69, 9.17) is 19.0 Å². The topological polar surface area (TPSA) is 133 Å². The number of carbonyl (C=O) groups is 3. The molecule has 2 saturated heterocycles. The summed E-state index contributed by atoms with van der Waals surface area (Å²) in [6.45, 7) is 18.4. The van der Waals surface area contributed by atoms with E-state index in [0.29, 0.717) is 11.4 Å². The lowest BCUT2D eigenvalue weighted by atomic mass is 9.60. The van der Waals surface area contributed by atoms with E-state index in [1.807, 2.05) is 65.0 Å². The number of oxime groups is 1. The summed E-state index contributed by atoms with van der Waals surface area (Å²) >= 11 is 0. The highest BCUT2D eigenvalue weighted by Crippen LogP contribution is 2.48. The Labute approximate surface area is 284 Å². The van der Waals surface area contributed by atoms with Gasteiger partial charge in [-0.15, -0.1) is 0 Å². The van der Waals surface area contributed by atoms with Crippen molar-refractivity contribution in [1.29, 1.82) is 0 Å². The summed E-state index contributed by atoms with van der Waals surface area (Å²) < 4.78 is 35.3. The average Bonchev–Trinajstić information content (AvgIpc) is 3.00. The van der Waals surface area contributed by atoms with Crippen LogP contribution in [0.1, 0.15) is 94.6 Å². The standard InChI is InChI=1S/C37H55FN2O8/c1-12-28-37(11,44)32-23(3)29(39-25(5)41)22(2)18-35(9,30(34(6,7)8)24(4)31(42)36(10,38)33(43)48-28)46-21-27(20-45-32)40-47-19-26-16-14-13-15-17-26/h13-17,22-24,28,30,32,44H,12,18-21H2,1-11H3/b39-29?,40-27+/t22-,23+,24-,28-,30+,32-,35-,36+,37-/m1/s1. The Balaban J connectivity index is 2.34. The van der Waals surface area contributed by atoms with Gasteiger partial charge in [0.15, 0.2) is 5.78 Å². The first-order valence-electron chi connectivity index (χ1n) is 16.9. The number of alkyl halides is 1. The summed E-state index contributed by atoms with van der Waals surface area (Å²) in [5.74, 6) is -5.54. The van der Waals surface area contributed by atoms with E-state index in [1.54, 1.807) is 20.8 Å². The first kappa shape index (κ1) is 39.4. The van der Waals surface area contributed by atoms with E-state index in [0.717, 1.165) is 12.5 Å². The normalized spacial score (nSPS) is 37.7. The molecule has 10 nitrogen and oxygen atoms in total. The third-order valence-corrected chi connectivity index (χ3v) is 9.89. The summed E-state index contributed by atoms with van der Waals surface area (Å²) in [5, 5.41) is 16.6. The molecule has 2 fully saturated rings. The molecule has 11 heteroatoms. The van der Waals surface area contributed by atoms with Crippen LogP contribution in [0, 0.1) is 29.1 Å². The van der Waals surface area contributed by atoms with Crippen LogP contribution in [0.15, 0.2) is 40.5 Å². The van der Waals surface area contributed by atoms with Gasteiger partial charge in [0, 0.05) is 30.4 Å². The third-order valence-electron chi connectivity index (χ3n) is 9.89. The number of amides is 1. The number of aliphatic imine (C=N–C) groups is 1. The molecular weight excluding hydrogens is 619 g/mol. The Hall–Kier alpha value is -3.02. The molecule has 2 heterocycles. The molecule has 0 spiro atoms. The fraction of sp³-hybridized carbons (Fsp3) is 0.703. The second-order valence-corrected chi connectivity index (χ2v) is 15.2. The molecule has 1 N–H and O–H groups in total. The zero-order valence-corrected chi connectivity index (χ0v) is 30.5. The van der Waals surface area contributed by atoms with Gasteiger partial charge >= 0.3 is 5.97 Å². The van der Waals surface area contributed by atoms with Crippen LogP contribution in [-0.2, 0) is 40.0 Å². The Morgan fingerprint density at radius 3 is 2.25 bits per heavy atom. The van der Waals surface area contributed by atoms with Crippen molar-refractivity contribution in [3.63, 3.8) is 0 Å². The zero-order chi connectivity index (χ0) is 36.2. The monoisotopic (exact) mass is 674 g/mol. The van der Waals surface area contributed by atoms with Gasteiger partial charge in [-0.25, -0.2) is 14.2 Å². The molecule has 2 aliphatic rings. The highest BCUT2D eigenvalue weighted by molar-refractivity contribution is 6.07. The van der Waals surface area contributed by atoms with Crippen LogP contribution in [0.25, 0.3) is 0 Å². The van der Waals surface area contributed by atoms with Crippen molar-refractivity contribution in [2.24, 2.45) is 39.2 Å². The van der Waals surface area contributed by atoms with Gasteiger partial charge in [-0.05, 0) is 50.5 Å². The number of rotatable bonds is 4. The van der Waals surface area contributed by atoms with Crippen LogP contribution < -0.4 is 0 Å². The number of fused-ring (bicyclic) bond motifs is 5. The lowest BCUT2D eigenvalue weighted by molar-refractivity contribution is -0.198. The molecule has 268 valence electrons. The minimum Gasteiger partial charge on any atom is -0.457 e. The highest BCUT2D eigenvalue weighted by Gasteiger charge is 2.57. The molecular formula is C37H55FN2O8. The lowest BCUT2D eigenvalue weighted by Gasteiger charge is -2.49. The number of benzene rings is 1. The smallest absolute Gasteiger partial charge is 0.351 e. The van der Waals surface area contributed by atoms with E-state index in [9.17, 15) is 19.5 Å². The second-order valence-electron chi connectivity index (χ2n) is 15.2. The van der Waals surface area contributed by atoms with Gasteiger partial charge in [0.2, 0.25) is 5.91 Å². The molecule has 9 atom stereocenters. The van der Waals surface area contributed by atoms with Gasteiger partial charge in [-0.2, -0.15) is 0 Å². The fourth-order valence-corrected chi connectivity index (χ4v) is 8.02. The highest BCUT2D eigenvalue weighted by atomic mass is 19.1. The van der Waals surface area contributed by atoms with Crippen LogP contribution in [-0.4, -0.2) is 76.5 Å². The predicted octanol–water partition coefficient (Wildman–Crippen LogP) is 6.07. The van der Waals surface area contributed by atoms with E-state index in [-0.39, 0.29) is 32.7 Å². The number of hydrogen-bond acceptors (Lipinski definition) is 9. The molecule has 2 bridgehead atoms. The van der Waals surface area contributed by atoms with Gasteiger partial charge in [0.05, 0.1) is 24.9 Å². The van der Waals surface area contributed by atoms with Crippen molar-refractivity contribution in [2.75, 3.05) is 13.2 Å². The van der Waals surface area contributed by atoms with Crippen molar-refractivity contribution in [1.82, 2.24) is 0 Å². The number of hydrogen-bond donors (Lipinski definition) is 1. The SMILES string of the molecule is CC[C@H]1OC(=O)[C@@](C)(F)C(=O)[C@H](C)[C@@H](C(C)(C)C)[C@@]2(C)C[C@@H](C)C(=NC(C)=O)[C@H](C)[C@@H](OC/C(=N\OCc3ccccc3)CO2)[C@]1(C)O. The van der Waals surface area contributed by atoms with Gasteiger partial charge in [0.25, 0.3) is 5.67 Å². The maximum absolute atomic E-state index is 16.5. The number of carbonyl (C=O) groups excluding carboxylic acids is 3. The van der Waals surface area contributed by atoms with Crippen LogP contribution in [0.3, 0.4) is 0 Å². The summed E-state index contributed by atoms with van der Waals surface area (Å²) in [6.07, 6.45) is -2.07. The van der Waals surface area contributed by atoms with Crippen molar-refractivity contribution in [2.45, 2.75) is 125 Å². The Kier molecular flexibility index (Phi) is 12.5. The molecule has 48 heavy (non-hydrogen) atoms. The zero-order valence-electron chi connectivity index (χ0n) is 30.5. The number of esters is 1. The molecule has 2 aliphatic heterocycles. The fourth-order valence-electron chi connectivity index (χ4n) is 8.02. The van der Waals surface area contributed by atoms with Gasteiger partial charge < -0.3 is 24.2 Å². The average molecular weight is 675 g/mol. The van der Waals surface area contributed by atoms with Crippen molar-refractivity contribution >= 4 is 29.1 Å². The number of halogens is 1. The van der Waals surface area contributed by atoms with Crippen LogP contribution in [0.5, 0.6) is 0 Å². The molecule has 0 aliphatic carbocycles. The quantitative estimate of drug-likeness (QED) is 0.231. The van der Waals surface area contributed by atoms with E-state index < -0.39 is 75.8 Å². The van der Waals surface area contributed by atoms with Gasteiger partial charge in [-0.3, -0.25) is 9.59 Å². The summed E-state index contributed by atoms with van der Waals surface area (Å²) in [6, 6.07) is 9.51. The van der Waals surface area contributed by atoms with E-state index >= 15 is 4.39 Å². The Morgan fingerprint density at radius 1 is 1.06 bits per heavy atom. The van der Waals surface area contributed by atoms with Gasteiger partial charge in [-0.1, -0.05) is 84.0 Å². The van der Waals surface area contributed by atoms with Crippen molar-refractivity contribution in [3.8, 4) is 0 Å². The first-order chi connectivity index (χ1) is 22.2. The van der Waals surface area contributed by atoms with Crippen molar-refractivity contribution < 1.29 is 42.9 Å². The largest absolute Gasteiger partial charge is 0.457 e. The van der Waals surface area contributed by atoms with E-state index in [1.165, 1.54) is 13.8 Å². The summed E-state index contributed by atoms with van der Waals surface area (Å²) in [4.78, 5) is 50.3. The minimum atomic E-state index is -3.01. The maximum Gasteiger partial charge on any atom is 0.351 e. The molecule has 1 aromatic carbocycles.